The van der Waals surface area contributed by atoms with Gasteiger partial charge in [0.25, 0.3) is 5.91 Å². The Bertz CT molecular complexity index is 953. The highest BCUT2D eigenvalue weighted by Gasteiger charge is 2.09. The number of unbranched alkanes of at least 4 members (excludes halogenated alkanes) is 1. The molecule has 1 amide bonds. The number of anilines is 1. The van der Waals surface area contributed by atoms with Crippen molar-refractivity contribution in [3.63, 3.8) is 0 Å². The number of carbonyl (C=O) groups excluding carboxylic acids is 1. The normalized spacial score (nSPS) is 10.3. The van der Waals surface area contributed by atoms with Gasteiger partial charge in [0.05, 0.1) is 26.0 Å². The van der Waals surface area contributed by atoms with E-state index >= 15 is 0 Å². The van der Waals surface area contributed by atoms with E-state index in [2.05, 4.69) is 5.32 Å². The van der Waals surface area contributed by atoms with E-state index in [1.807, 2.05) is 43.3 Å². The van der Waals surface area contributed by atoms with Crippen LogP contribution in [-0.4, -0.2) is 26.2 Å². The first-order valence-corrected chi connectivity index (χ1v) is 10.0. The summed E-state index contributed by atoms with van der Waals surface area (Å²) in [4.78, 5) is 12.4. The number of nitrogens with one attached hydrogen (secondary N) is 1. The van der Waals surface area contributed by atoms with Gasteiger partial charge in [0.15, 0.2) is 0 Å². The Morgan fingerprint density at radius 1 is 0.833 bits per heavy atom. The number of hydrogen-bond donors (Lipinski definition) is 1. The first-order chi connectivity index (χ1) is 14.7. The number of carbonyl (C=O) groups is 1. The molecule has 5 heteroatoms. The zero-order valence-electron chi connectivity index (χ0n) is 17.4. The molecule has 156 valence electrons. The standard InChI is InChI=1S/C25H27NO4/c1-19-8-7-9-22(18-19)30-17-6-5-16-29-21-14-12-20(13-15-21)25(27)26-23-10-3-4-11-24(23)28-2/h3-4,7-15,18H,5-6,16-17H2,1-2H3,(H,26,27). The molecule has 0 aliphatic carbocycles. The van der Waals surface area contributed by atoms with Crippen LogP contribution in [0, 0.1) is 6.92 Å². The van der Waals surface area contributed by atoms with E-state index < -0.39 is 0 Å². The molecule has 0 spiro atoms. The number of amides is 1. The van der Waals surface area contributed by atoms with Crippen LogP contribution in [0.3, 0.4) is 0 Å². The van der Waals surface area contributed by atoms with Gasteiger partial charge in [0.2, 0.25) is 0 Å². The van der Waals surface area contributed by atoms with Crippen LogP contribution in [0.2, 0.25) is 0 Å². The molecular formula is C25H27NO4. The van der Waals surface area contributed by atoms with Crippen LogP contribution in [-0.2, 0) is 0 Å². The lowest BCUT2D eigenvalue weighted by atomic mass is 10.2. The Morgan fingerprint density at radius 2 is 1.53 bits per heavy atom. The smallest absolute Gasteiger partial charge is 0.255 e. The molecule has 0 radical (unpaired) electrons. The summed E-state index contributed by atoms with van der Waals surface area (Å²) < 4.78 is 16.8. The van der Waals surface area contributed by atoms with Crippen molar-refractivity contribution in [2.45, 2.75) is 19.8 Å². The third-order valence-corrected chi connectivity index (χ3v) is 4.54. The van der Waals surface area contributed by atoms with Crippen molar-refractivity contribution in [2.75, 3.05) is 25.6 Å². The minimum Gasteiger partial charge on any atom is -0.495 e. The van der Waals surface area contributed by atoms with Crippen LogP contribution in [0.5, 0.6) is 17.2 Å². The summed E-state index contributed by atoms with van der Waals surface area (Å²) in [6.45, 7) is 3.31. The van der Waals surface area contributed by atoms with Gasteiger partial charge in [-0.05, 0) is 73.9 Å². The first kappa shape index (κ1) is 21.2. The quantitative estimate of drug-likeness (QED) is 0.453. The van der Waals surface area contributed by atoms with Gasteiger partial charge < -0.3 is 19.5 Å². The first-order valence-electron chi connectivity index (χ1n) is 10.0. The third kappa shape index (κ3) is 6.27. The Labute approximate surface area is 177 Å². The second kappa shape index (κ2) is 10.9. The molecule has 0 aromatic heterocycles. The fraction of sp³-hybridized carbons (Fsp3) is 0.240. The van der Waals surface area contributed by atoms with Crippen molar-refractivity contribution in [1.29, 1.82) is 0 Å². The summed E-state index contributed by atoms with van der Waals surface area (Å²) in [6, 6.07) is 22.5. The maximum atomic E-state index is 12.4. The summed E-state index contributed by atoms with van der Waals surface area (Å²) >= 11 is 0. The van der Waals surface area contributed by atoms with Crippen LogP contribution >= 0.6 is 0 Å². The molecule has 0 bridgehead atoms. The molecule has 3 aromatic rings. The summed E-state index contributed by atoms with van der Waals surface area (Å²) in [7, 11) is 1.58. The van der Waals surface area contributed by atoms with Gasteiger partial charge in [-0.1, -0.05) is 24.3 Å². The second-order valence-corrected chi connectivity index (χ2v) is 6.90. The van der Waals surface area contributed by atoms with Crippen molar-refractivity contribution in [3.8, 4) is 17.2 Å². The van der Waals surface area contributed by atoms with Crippen molar-refractivity contribution >= 4 is 11.6 Å². The molecule has 0 aliphatic heterocycles. The summed E-state index contributed by atoms with van der Waals surface area (Å²) in [5.74, 6) is 2.07. The number of para-hydroxylation sites is 2. The Kier molecular flexibility index (Phi) is 7.72. The van der Waals surface area contributed by atoms with Crippen LogP contribution in [0.15, 0.2) is 72.8 Å². The fourth-order valence-electron chi connectivity index (χ4n) is 2.93. The number of benzene rings is 3. The van der Waals surface area contributed by atoms with E-state index in [9.17, 15) is 4.79 Å². The number of rotatable bonds is 10. The maximum absolute atomic E-state index is 12.4. The largest absolute Gasteiger partial charge is 0.495 e. The van der Waals surface area contributed by atoms with Crippen molar-refractivity contribution < 1.29 is 19.0 Å². The van der Waals surface area contributed by atoms with Crippen molar-refractivity contribution in [2.24, 2.45) is 0 Å². The average molecular weight is 405 g/mol. The third-order valence-electron chi connectivity index (χ3n) is 4.54. The number of aryl methyl sites for hydroxylation is 1. The molecule has 0 atom stereocenters. The molecule has 0 heterocycles. The molecule has 3 rings (SSSR count). The van der Waals surface area contributed by atoms with Gasteiger partial charge in [-0.3, -0.25) is 4.79 Å². The molecule has 0 aliphatic rings. The van der Waals surface area contributed by atoms with E-state index in [1.54, 1.807) is 43.5 Å². The number of ether oxygens (including phenoxy) is 3. The monoisotopic (exact) mass is 405 g/mol. The molecule has 0 saturated carbocycles. The van der Waals surface area contributed by atoms with Gasteiger partial charge in [-0.2, -0.15) is 0 Å². The zero-order valence-corrected chi connectivity index (χ0v) is 17.4. The van der Waals surface area contributed by atoms with E-state index in [0.29, 0.717) is 30.2 Å². The zero-order chi connectivity index (χ0) is 21.2. The van der Waals surface area contributed by atoms with E-state index in [4.69, 9.17) is 14.2 Å². The second-order valence-electron chi connectivity index (χ2n) is 6.90. The van der Waals surface area contributed by atoms with Gasteiger partial charge in [-0.15, -0.1) is 0 Å². The highest BCUT2D eigenvalue weighted by molar-refractivity contribution is 6.05. The van der Waals surface area contributed by atoms with Crippen LogP contribution in [0.1, 0.15) is 28.8 Å². The Morgan fingerprint density at radius 3 is 2.23 bits per heavy atom. The molecular weight excluding hydrogens is 378 g/mol. The van der Waals surface area contributed by atoms with Gasteiger partial charge in [0.1, 0.15) is 17.2 Å². The van der Waals surface area contributed by atoms with Gasteiger partial charge in [-0.25, -0.2) is 0 Å². The summed E-state index contributed by atoms with van der Waals surface area (Å²) in [6.07, 6.45) is 1.80. The summed E-state index contributed by atoms with van der Waals surface area (Å²) in [5.41, 5.74) is 2.38. The topological polar surface area (TPSA) is 56.8 Å². The van der Waals surface area contributed by atoms with Gasteiger partial charge in [0, 0.05) is 5.56 Å². The number of hydrogen-bond acceptors (Lipinski definition) is 4. The summed E-state index contributed by atoms with van der Waals surface area (Å²) in [5, 5.41) is 2.86. The average Bonchev–Trinajstić information content (AvgIpc) is 2.77. The minimum atomic E-state index is -0.195. The Hall–Kier alpha value is -3.47. The van der Waals surface area contributed by atoms with E-state index in [1.165, 1.54) is 5.56 Å². The molecule has 0 unspecified atom stereocenters. The highest BCUT2D eigenvalue weighted by atomic mass is 16.5. The van der Waals surface area contributed by atoms with Crippen LogP contribution in [0.4, 0.5) is 5.69 Å². The lowest BCUT2D eigenvalue weighted by Gasteiger charge is -2.11. The molecule has 30 heavy (non-hydrogen) atoms. The Balaban J connectivity index is 1.39. The molecule has 0 saturated heterocycles. The van der Waals surface area contributed by atoms with E-state index in [0.717, 1.165) is 24.3 Å². The van der Waals surface area contributed by atoms with Crippen molar-refractivity contribution in [3.05, 3.63) is 83.9 Å². The molecule has 3 aromatic carbocycles. The van der Waals surface area contributed by atoms with Crippen LogP contribution in [0.25, 0.3) is 0 Å². The van der Waals surface area contributed by atoms with Crippen LogP contribution < -0.4 is 19.5 Å². The SMILES string of the molecule is COc1ccccc1NC(=O)c1ccc(OCCCCOc2cccc(C)c2)cc1. The molecule has 1 N–H and O–H groups in total. The lowest BCUT2D eigenvalue weighted by Crippen LogP contribution is -2.12. The minimum absolute atomic E-state index is 0.195. The number of methoxy groups -OCH3 is 1. The lowest BCUT2D eigenvalue weighted by molar-refractivity contribution is 0.102. The highest BCUT2D eigenvalue weighted by Crippen LogP contribution is 2.24. The predicted molar refractivity (Wildman–Crippen MR) is 119 cm³/mol. The fourth-order valence-corrected chi connectivity index (χ4v) is 2.93. The van der Waals surface area contributed by atoms with Crippen molar-refractivity contribution in [1.82, 2.24) is 0 Å². The maximum Gasteiger partial charge on any atom is 0.255 e. The molecule has 5 nitrogen and oxygen atoms in total. The predicted octanol–water partition coefficient (Wildman–Crippen LogP) is 5.49. The van der Waals surface area contributed by atoms with Gasteiger partial charge >= 0.3 is 0 Å². The van der Waals surface area contributed by atoms with E-state index in [-0.39, 0.29) is 5.91 Å². The molecule has 0 fully saturated rings.